The molecule has 0 aromatic carbocycles. The van der Waals surface area contributed by atoms with Crippen molar-refractivity contribution in [2.45, 2.75) is 96.3 Å². The number of rotatable bonds is 19. The Kier molecular flexibility index (Phi) is 19.9. The highest BCUT2D eigenvalue weighted by atomic mass is 16.5. The molecule has 1 nitrogen and oxygen atoms in total. The van der Waals surface area contributed by atoms with Crippen molar-refractivity contribution < 1.29 is 4.74 Å². The van der Waals surface area contributed by atoms with Gasteiger partial charge in [0.25, 0.3) is 0 Å². The molecule has 0 aliphatic heterocycles. The molecular weight excluding hydrogens is 268 g/mol. The van der Waals surface area contributed by atoms with E-state index in [1.54, 1.807) is 0 Å². The van der Waals surface area contributed by atoms with Crippen LogP contribution in [0.25, 0.3) is 0 Å². The second-order valence-electron chi connectivity index (χ2n) is 6.36. The normalized spacial score (nSPS) is 10.7. The van der Waals surface area contributed by atoms with Crippen LogP contribution in [-0.2, 0) is 4.74 Å². The second kappa shape index (κ2) is 20.4. The number of unbranched alkanes of at least 4 members (excludes halogenated alkanes) is 13. The SMILES string of the molecule is C=CCCCCCCCCCCCCOCCCCCC=C. The van der Waals surface area contributed by atoms with Crippen molar-refractivity contribution in [1.29, 1.82) is 0 Å². The molecule has 0 aromatic heterocycles. The molecule has 0 aromatic rings. The Morgan fingerprint density at radius 2 is 0.773 bits per heavy atom. The number of allylic oxidation sites excluding steroid dienone is 2. The third kappa shape index (κ3) is 19.4. The Labute approximate surface area is 140 Å². The summed E-state index contributed by atoms with van der Waals surface area (Å²) in [6.45, 7) is 9.41. The van der Waals surface area contributed by atoms with E-state index in [1.807, 2.05) is 12.2 Å². The largest absolute Gasteiger partial charge is 0.381 e. The van der Waals surface area contributed by atoms with E-state index in [0.717, 1.165) is 19.6 Å². The molecule has 0 amide bonds. The molecule has 22 heavy (non-hydrogen) atoms. The molecule has 0 saturated carbocycles. The Balaban J connectivity index is 2.94. The summed E-state index contributed by atoms with van der Waals surface area (Å²) in [5, 5.41) is 0. The van der Waals surface area contributed by atoms with Crippen LogP contribution < -0.4 is 0 Å². The molecule has 0 radical (unpaired) electrons. The first-order valence-corrected chi connectivity index (χ1v) is 9.71. The summed E-state index contributed by atoms with van der Waals surface area (Å²) < 4.78 is 5.67. The molecular formula is C21H40O. The zero-order chi connectivity index (χ0) is 16.1. The van der Waals surface area contributed by atoms with Crippen LogP contribution in [0.1, 0.15) is 96.3 Å². The van der Waals surface area contributed by atoms with Gasteiger partial charge in [0.15, 0.2) is 0 Å². The van der Waals surface area contributed by atoms with Crippen LogP contribution in [0.5, 0.6) is 0 Å². The van der Waals surface area contributed by atoms with Crippen LogP contribution in [0.4, 0.5) is 0 Å². The first kappa shape index (κ1) is 21.4. The number of hydrogen-bond acceptors (Lipinski definition) is 1. The molecule has 0 atom stereocenters. The van der Waals surface area contributed by atoms with E-state index >= 15 is 0 Å². The first-order valence-electron chi connectivity index (χ1n) is 9.71. The van der Waals surface area contributed by atoms with Crippen molar-refractivity contribution >= 4 is 0 Å². The average Bonchev–Trinajstić information content (AvgIpc) is 2.54. The molecule has 0 aliphatic carbocycles. The van der Waals surface area contributed by atoms with E-state index < -0.39 is 0 Å². The maximum atomic E-state index is 5.67. The second-order valence-corrected chi connectivity index (χ2v) is 6.36. The third-order valence-corrected chi connectivity index (χ3v) is 4.14. The molecule has 1 heteroatoms. The molecule has 0 unspecified atom stereocenters. The van der Waals surface area contributed by atoms with Crippen molar-refractivity contribution in [2.75, 3.05) is 13.2 Å². The fraction of sp³-hybridized carbons (Fsp3) is 0.810. The van der Waals surface area contributed by atoms with E-state index in [9.17, 15) is 0 Å². The summed E-state index contributed by atoms with van der Waals surface area (Å²) in [6, 6.07) is 0. The molecule has 0 fully saturated rings. The molecule has 0 spiro atoms. The van der Waals surface area contributed by atoms with Gasteiger partial charge in [0.1, 0.15) is 0 Å². The van der Waals surface area contributed by atoms with Gasteiger partial charge in [0.2, 0.25) is 0 Å². The van der Waals surface area contributed by atoms with Gasteiger partial charge < -0.3 is 4.74 Å². The molecule has 130 valence electrons. The maximum Gasteiger partial charge on any atom is 0.0466 e. The van der Waals surface area contributed by atoms with Crippen LogP contribution in [0.3, 0.4) is 0 Å². The monoisotopic (exact) mass is 308 g/mol. The summed E-state index contributed by atoms with van der Waals surface area (Å²) in [4.78, 5) is 0. The summed E-state index contributed by atoms with van der Waals surface area (Å²) in [7, 11) is 0. The van der Waals surface area contributed by atoms with Gasteiger partial charge in [0, 0.05) is 13.2 Å². The van der Waals surface area contributed by atoms with Gasteiger partial charge in [-0.1, -0.05) is 69.9 Å². The van der Waals surface area contributed by atoms with Crippen LogP contribution in [0.2, 0.25) is 0 Å². The van der Waals surface area contributed by atoms with Crippen LogP contribution in [-0.4, -0.2) is 13.2 Å². The van der Waals surface area contributed by atoms with Crippen molar-refractivity contribution in [3.05, 3.63) is 25.3 Å². The minimum atomic E-state index is 0.947. The fourth-order valence-electron chi connectivity index (χ4n) is 2.68. The first-order chi connectivity index (χ1) is 10.9. The smallest absolute Gasteiger partial charge is 0.0466 e. The Morgan fingerprint density at radius 3 is 1.18 bits per heavy atom. The van der Waals surface area contributed by atoms with Gasteiger partial charge in [0.05, 0.1) is 0 Å². The van der Waals surface area contributed by atoms with E-state index in [0.29, 0.717) is 0 Å². The standard InChI is InChI=1S/C21H40O/c1-3-5-7-9-10-11-12-13-14-15-17-19-21-22-20-18-16-8-6-4-2/h3-4H,1-2,5-21H2. The predicted molar refractivity (Wildman–Crippen MR) is 100 cm³/mol. The lowest BCUT2D eigenvalue weighted by Crippen LogP contribution is -1.97. The lowest BCUT2D eigenvalue weighted by atomic mass is 10.1. The predicted octanol–water partition coefficient (Wildman–Crippen LogP) is 7.23. The lowest BCUT2D eigenvalue weighted by molar-refractivity contribution is 0.126. The third-order valence-electron chi connectivity index (χ3n) is 4.14. The maximum absolute atomic E-state index is 5.67. The highest BCUT2D eigenvalue weighted by molar-refractivity contribution is 4.65. The Bertz CT molecular complexity index is 198. The van der Waals surface area contributed by atoms with Crippen LogP contribution >= 0.6 is 0 Å². The zero-order valence-corrected chi connectivity index (χ0v) is 15.0. The van der Waals surface area contributed by atoms with E-state index in [4.69, 9.17) is 4.74 Å². The minimum Gasteiger partial charge on any atom is -0.381 e. The summed E-state index contributed by atoms with van der Waals surface area (Å²) in [5.74, 6) is 0. The lowest BCUT2D eigenvalue weighted by Gasteiger charge is -2.04. The van der Waals surface area contributed by atoms with Gasteiger partial charge >= 0.3 is 0 Å². The van der Waals surface area contributed by atoms with Crippen molar-refractivity contribution in [3.8, 4) is 0 Å². The molecule has 0 heterocycles. The molecule has 0 saturated heterocycles. The highest BCUT2D eigenvalue weighted by Crippen LogP contribution is 2.11. The minimum absolute atomic E-state index is 0.947. The van der Waals surface area contributed by atoms with E-state index in [2.05, 4.69) is 13.2 Å². The Hall–Kier alpha value is -0.560. The van der Waals surface area contributed by atoms with Gasteiger partial charge in [-0.2, -0.15) is 0 Å². The average molecular weight is 309 g/mol. The number of hydrogen-bond donors (Lipinski definition) is 0. The molecule has 0 bridgehead atoms. The molecule has 0 rings (SSSR count). The van der Waals surface area contributed by atoms with Gasteiger partial charge in [-0.3, -0.25) is 0 Å². The van der Waals surface area contributed by atoms with Crippen LogP contribution in [0, 0.1) is 0 Å². The van der Waals surface area contributed by atoms with E-state index in [-0.39, 0.29) is 0 Å². The van der Waals surface area contributed by atoms with Gasteiger partial charge in [-0.25, -0.2) is 0 Å². The summed E-state index contributed by atoms with van der Waals surface area (Å²) >= 11 is 0. The fourth-order valence-corrected chi connectivity index (χ4v) is 2.68. The topological polar surface area (TPSA) is 9.23 Å². The number of ether oxygens (including phenoxy) is 1. The summed E-state index contributed by atoms with van der Waals surface area (Å²) in [5.41, 5.74) is 0. The zero-order valence-electron chi connectivity index (χ0n) is 15.0. The van der Waals surface area contributed by atoms with Crippen molar-refractivity contribution in [1.82, 2.24) is 0 Å². The quantitative estimate of drug-likeness (QED) is 0.181. The van der Waals surface area contributed by atoms with Gasteiger partial charge in [-0.05, 0) is 38.5 Å². The van der Waals surface area contributed by atoms with E-state index in [1.165, 1.54) is 89.9 Å². The van der Waals surface area contributed by atoms with Gasteiger partial charge in [-0.15, -0.1) is 13.2 Å². The summed E-state index contributed by atoms with van der Waals surface area (Å²) in [6.07, 6.45) is 23.9. The molecule has 0 N–H and O–H groups in total. The Morgan fingerprint density at radius 1 is 0.455 bits per heavy atom. The van der Waals surface area contributed by atoms with Crippen LogP contribution in [0.15, 0.2) is 25.3 Å². The highest BCUT2D eigenvalue weighted by Gasteiger charge is 1.94. The molecule has 0 aliphatic rings. The van der Waals surface area contributed by atoms with Crippen molar-refractivity contribution in [3.63, 3.8) is 0 Å². The van der Waals surface area contributed by atoms with Crippen molar-refractivity contribution in [2.24, 2.45) is 0 Å².